The van der Waals surface area contributed by atoms with Gasteiger partial charge in [0.25, 0.3) is 0 Å². The van der Waals surface area contributed by atoms with Gasteiger partial charge in [0.2, 0.25) is 0 Å². The molecule has 102 valence electrons. The first kappa shape index (κ1) is 13.3. The molecule has 1 N–H and O–H groups in total. The second-order valence-corrected chi connectivity index (χ2v) is 4.05. The molecule has 0 saturated carbocycles. The van der Waals surface area contributed by atoms with Crippen LogP contribution in [0, 0.1) is 0 Å². The molecule has 0 amide bonds. The van der Waals surface area contributed by atoms with Gasteiger partial charge < -0.3 is 14.5 Å². The highest BCUT2D eigenvalue weighted by atomic mass is 16.5. The number of methoxy groups -OCH3 is 1. The Kier molecular flexibility index (Phi) is 4.30. The Balaban J connectivity index is 1.73. The van der Waals surface area contributed by atoms with E-state index in [1.165, 1.54) is 13.4 Å². The van der Waals surface area contributed by atoms with Crippen molar-refractivity contribution >= 4 is 5.97 Å². The van der Waals surface area contributed by atoms with Gasteiger partial charge in [0.05, 0.1) is 19.2 Å². The van der Waals surface area contributed by atoms with E-state index < -0.39 is 5.97 Å². The summed E-state index contributed by atoms with van der Waals surface area (Å²) in [5.41, 5.74) is 0.422. The third-order valence-corrected chi connectivity index (χ3v) is 2.55. The van der Waals surface area contributed by atoms with Gasteiger partial charge in [0, 0.05) is 20.0 Å². The number of ether oxygens (including phenoxy) is 1. The molecular formula is C12H16N4O3. The van der Waals surface area contributed by atoms with E-state index in [0.717, 1.165) is 18.8 Å². The molecule has 2 heterocycles. The van der Waals surface area contributed by atoms with Crippen LogP contribution in [0.1, 0.15) is 21.9 Å². The number of hydrogen-bond donors (Lipinski definition) is 1. The molecule has 2 aromatic rings. The van der Waals surface area contributed by atoms with Crippen molar-refractivity contribution in [2.45, 2.75) is 13.0 Å². The number of aryl methyl sites for hydroxylation is 1. The van der Waals surface area contributed by atoms with E-state index in [0.29, 0.717) is 17.9 Å². The van der Waals surface area contributed by atoms with Crippen LogP contribution in [0.25, 0.3) is 0 Å². The topological polar surface area (TPSA) is 82.2 Å². The number of hydrogen-bond acceptors (Lipinski definition) is 6. The van der Waals surface area contributed by atoms with E-state index in [1.807, 2.05) is 7.05 Å². The summed E-state index contributed by atoms with van der Waals surface area (Å²) in [6.07, 6.45) is 3.80. The van der Waals surface area contributed by atoms with Crippen LogP contribution in [0.4, 0.5) is 0 Å². The van der Waals surface area contributed by atoms with Gasteiger partial charge in [-0.2, -0.15) is 5.10 Å². The maximum Gasteiger partial charge on any atom is 0.341 e. The molecule has 0 fully saturated rings. The van der Waals surface area contributed by atoms with Crippen molar-refractivity contribution < 1.29 is 13.9 Å². The average molecular weight is 264 g/mol. The number of esters is 1. The summed E-state index contributed by atoms with van der Waals surface area (Å²) in [5.74, 6) is 1.09. The first-order chi connectivity index (χ1) is 9.19. The minimum atomic E-state index is -0.396. The Bertz CT molecular complexity index is 547. The van der Waals surface area contributed by atoms with E-state index >= 15 is 0 Å². The molecule has 0 radical (unpaired) electrons. The predicted octanol–water partition coefficient (Wildman–Crippen LogP) is 0.527. The second kappa shape index (κ2) is 6.14. The molecule has 7 nitrogen and oxygen atoms in total. The van der Waals surface area contributed by atoms with Crippen molar-refractivity contribution in [3.8, 4) is 0 Å². The zero-order valence-corrected chi connectivity index (χ0v) is 10.9. The molecule has 2 rings (SSSR count). The predicted molar refractivity (Wildman–Crippen MR) is 66.5 cm³/mol. The summed E-state index contributed by atoms with van der Waals surface area (Å²) in [6, 6.07) is 1.66. The van der Waals surface area contributed by atoms with Crippen LogP contribution in [0.2, 0.25) is 0 Å². The smallest absolute Gasteiger partial charge is 0.341 e. The van der Waals surface area contributed by atoms with Gasteiger partial charge in [-0.3, -0.25) is 4.68 Å². The van der Waals surface area contributed by atoms with Crippen LogP contribution in [0.5, 0.6) is 0 Å². The molecule has 0 atom stereocenters. The van der Waals surface area contributed by atoms with Crippen LogP contribution in [-0.2, 0) is 24.8 Å². The third kappa shape index (κ3) is 3.65. The number of carbonyl (C=O) groups excluding carboxylic acids is 1. The van der Waals surface area contributed by atoms with Gasteiger partial charge >= 0.3 is 5.97 Å². The van der Waals surface area contributed by atoms with E-state index in [4.69, 9.17) is 4.42 Å². The first-order valence-corrected chi connectivity index (χ1v) is 5.90. The standard InChI is InChI=1S/C12H16N4O3/c1-16-8-14-11(15-16)3-4-13-6-10-5-9(7-19-10)12(17)18-2/h5,7-8,13H,3-4,6H2,1-2H3. The summed E-state index contributed by atoms with van der Waals surface area (Å²) in [5, 5.41) is 7.37. The number of aromatic nitrogens is 3. The van der Waals surface area contributed by atoms with Crippen molar-refractivity contribution in [2.24, 2.45) is 7.05 Å². The number of furan rings is 1. The van der Waals surface area contributed by atoms with Crippen LogP contribution in [0.15, 0.2) is 23.1 Å². The lowest BCUT2D eigenvalue weighted by molar-refractivity contribution is 0.0600. The van der Waals surface area contributed by atoms with E-state index in [-0.39, 0.29) is 0 Å². The number of nitrogens with one attached hydrogen (secondary N) is 1. The number of nitrogens with zero attached hydrogens (tertiary/aromatic N) is 3. The van der Waals surface area contributed by atoms with Crippen molar-refractivity contribution in [2.75, 3.05) is 13.7 Å². The van der Waals surface area contributed by atoms with Gasteiger partial charge in [-0.1, -0.05) is 0 Å². The van der Waals surface area contributed by atoms with Gasteiger partial charge in [-0.15, -0.1) is 0 Å². The lowest BCUT2D eigenvalue weighted by atomic mass is 10.3. The highest BCUT2D eigenvalue weighted by Crippen LogP contribution is 2.08. The highest BCUT2D eigenvalue weighted by molar-refractivity contribution is 5.88. The van der Waals surface area contributed by atoms with Crippen LogP contribution in [-0.4, -0.2) is 34.4 Å². The van der Waals surface area contributed by atoms with Crippen molar-refractivity contribution in [1.29, 1.82) is 0 Å². The minimum absolute atomic E-state index is 0.396. The molecule has 0 aliphatic heterocycles. The molecule has 0 aliphatic rings. The minimum Gasteiger partial charge on any atom is -0.467 e. The molecule has 0 aliphatic carbocycles. The lowest BCUT2D eigenvalue weighted by Crippen LogP contribution is -2.17. The Morgan fingerprint density at radius 2 is 2.42 bits per heavy atom. The maximum absolute atomic E-state index is 11.2. The normalized spacial score (nSPS) is 10.6. The van der Waals surface area contributed by atoms with Crippen molar-refractivity contribution in [3.63, 3.8) is 0 Å². The zero-order valence-electron chi connectivity index (χ0n) is 10.9. The van der Waals surface area contributed by atoms with Gasteiger partial charge in [0.15, 0.2) is 5.82 Å². The highest BCUT2D eigenvalue weighted by Gasteiger charge is 2.09. The SMILES string of the molecule is COC(=O)c1coc(CNCCc2ncn(C)n2)c1. The first-order valence-electron chi connectivity index (χ1n) is 5.90. The monoisotopic (exact) mass is 264 g/mol. The fourth-order valence-electron chi connectivity index (χ4n) is 1.61. The van der Waals surface area contributed by atoms with E-state index in [9.17, 15) is 4.79 Å². The summed E-state index contributed by atoms with van der Waals surface area (Å²) in [4.78, 5) is 15.3. The molecule has 0 spiro atoms. The van der Waals surface area contributed by atoms with E-state index in [1.54, 1.807) is 17.1 Å². The number of carbonyl (C=O) groups is 1. The van der Waals surface area contributed by atoms with Gasteiger partial charge in [-0.25, -0.2) is 9.78 Å². The van der Waals surface area contributed by atoms with E-state index in [2.05, 4.69) is 20.1 Å². The summed E-state index contributed by atoms with van der Waals surface area (Å²) < 4.78 is 11.5. The Morgan fingerprint density at radius 3 is 3.11 bits per heavy atom. The second-order valence-electron chi connectivity index (χ2n) is 4.05. The fourth-order valence-corrected chi connectivity index (χ4v) is 1.61. The molecule has 2 aromatic heterocycles. The summed E-state index contributed by atoms with van der Waals surface area (Å²) in [7, 11) is 3.17. The molecule has 7 heteroatoms. The van der Waals surface area contributed by atoms with Crippen LogP contribution in [0.3, 0.4) is 0 Å². The fraction of sp³-hybridized carbons (Fsp3) is 0.417. The Hall–Kier alpha value is -2.15. The lowest BCUT2D eigenvalue weighted by Gasteiger charge is -1.99. The number of rotatable bonds is 6. The van der Waals surface area contributed by atoms with Crippen LogP contribution < -0.4 is 5.32 Å². The third-order valence-electron chi connectivity index (χ3n) is 2.55. The Morgan fingerprint density at radius 1 is 1.58 bits per heavy atom. The average Bonchev–Trinajstić information content (AvgIpc) is 3.03. The maximum atomic E-state index is 11.2. The zero-order chi connectivity index (χ0) is 13.7. The molecule has 0 saturated heterocycles. The molecule has 19 heavy (non-hydrogen) atoms. The van der Waals surface area contributed by atoms with Crippen molar-refractivity contribution in [1.82, 2.24) is 20.1 Å². The van der Waals surface area contributed by atoms with Gasteiger partial charge in [-0.05, 0) is 6.07 Å². The molecule has 0 aromatic carbocycles. The Labute approximate surface area is 110 Å². The van der Waals surface area contributed by atoms with Gasteiger partial charge in [0.1, 0.15) is 18.4 Å². The van der Waals surface area contributed by atoms with Crippen LogP contribution >= 0.6 is 0 Å². The molecule has 0 bridgehead atoms. The summed E-state index contributed by atoms with van der Waals surface area (Å²) >= 11 is 0. The quantitative estimate of drug-likeness (QED) is 0.605. The molecular weight excluding hydrogens is 248 g/mol. The molecule has 0 unspecified atom stereocenters. The largest absolute Gasteiger partial charge is 0.467 e. The van der Waals surface area contributed by atoms with Crippen molar-refractivity contribution in [3.05, 3.63) is 35.8 Å². The summed E-state index contributed by atoms with van der Waals surface area (Å²) in [6.45, 7) is 1.28.